The van der Waals surface area contributed by atoms with Crippen LogP contribution in [0.15, 0.2) is 65.5 Å². The quantitative estimate of drug-likeness (QED) is 0.544. The maximum atomic E-state index is 12.5. The number of nitrogens with zero attached hydrogens (tertiary/aromatic N) is 2. The molecule has 0 amide bonds. The van der Waals surface area contributed by atoms with E-state index in [9.17, 15) is 4.79 Å². The normalized spacial score (nSPS) is 11.0. The van der Waals surface area contributed by atoms with Gasteiger partial charge in [0.2, 0.25) is 0 Å². The van der Waals surface area contributed by atoms with Gasteiger partial charge in [-0.05, 0) is 35.9 Å². The van der Waals surface area contributed by atoms with Crippen molar-refractivity contribution in [3.8, 4) is 10.4 Å². The average Bonchev–Trinajstić information content (AvgIpc) is 3.08. The zero-order chi connectivity index (χ0) is 18.1. The molecule has 4 aromatic rings. The number of nitrogens with one attached hydrogen (secondary N) is 1. The van der Waals surface area contributed by atoms with Crippen LogP contribution in [0.25, 0.3) is 20.7 Å². The Hall–Kier alpha value is -2.63. The molecule has 2 aromatic carbocycles. The lowest BCUT2D eigenvalue weighted by Crippen LogP contribution is -2.21. The molecule has 130 valence electrons. The Kier molecular flexibility index (Phi) is 4.49. The van der Waals surface area contributed by atoms with Crippen molar-refractivity contribution in [3.05, 3.63) is 81.9 Å². The molecule has 0 aliphatic heterocycles. The fourth-order valence-corrected chi connectivity index (χ4v) is 3.94. The summed E-state index contributed by atoms with van der Waals surface area (Å²) in [6.07, 6.45) is 0. The van der Waals surface area contributed by atoms with Crippen LogP contribution in [0.1, 0.15) is 5.82 Å². The Morgan fingerprint density at radius 1 is 1.12 bits per heavy atom. The molecule has 0 spiro atoms. The molecule has 0 atom stereocenters. The lowest BCUT2D eigenvalue weighted by Gasteiger charge is -2.18. The monoisotopic (exact) mass is 381 g/mol. The first-order valence-corrected chi connectivity index (χ1v) is 9.34. The van der Waals surface area contributed by atoms with Crippen LogP contribution in [0.4, 0.5) is 5.69 Å². The van der Waals surface area contributed by atoms with Gasteiger partial charge >= 0.3 is 0 Å². The molecule has 0 aliphatic carbocycles. The fourth-order valence-electron chi connectivity index (χ4n) is 2.82. The third kappa shape index (κ3) is 3.36. The van der Waals surface area contributed by atoms with Gasteiger partial charge < -0.3 is 9.88 Å². The summed E-state index contributed by atoms with van der Waals surface area (Å²) in [5.41, 5.74) is 2.72. The SMILES string of the molecule is CN(Cc1nc2cc(-c3ccc(Cl)cc3)sc2c(=O)[nH]1)c1ccccc1. The minimum atomic E-state index is -0.100. The minimum absolute atomic E-state index is 0.100. The maximum absolute atomic E-state index is 12.5. The second-order valence-electron chi connectivity index (χ2n) is 6.04. The average molecular weight is 382 g/mol. The molecule has 6 heteroatoms. The lowest BCUT2D eigenvalue weighted by molar-refractivity contribution is 0.841. The highest BCUT2D eigenvalue weighted by atomic mass is 35.5. The number of thiophene rings is 1. The third-order valence-electron chi connectivity index (χ3n) is 4.14. The molecule has 0 saturated heterocycles. The van der Waals surface area contributed by atoms with E-state index in [1.807, 2.05) is 67.7 Å². The highest BCUT2D eigenvalue weighted by Crippen LogP contribution is 2.31. The smallest absolute Gasteiger partial charge is 0.268 e. The van der Waals surface area contributed by atoms with Crippen molar-refractivity contribution < 1.29 is 0 Å². The molecule has 0 saturated carbocycles. The molecule has 4 rings (SSSR count). The Morgan fingerprint density at radius 3 is 2.58 bits per heavy atom. The van der Waals surface area contributed by atoms with Gasteiger partial charge in [-0.15, -0.1) is 11.3 Å². The van der Waals surface area contributed by atoms with Crippen molar-refractivity contribution in [1.29, 1.82) is 0 Å². The first kappa shape index (κ1) is 16.8. The van der Waals surface area contributed by atoms with Crippen LogP contribution >= 0.6 is 22.9 Å². The number of halogens is 1. The zero-order valence-electron chi connectivity index (χ0n) is 14.1. The predicted octanol–water partition coefficient (Wildman–Crippen LogP) is 4.94. The van der Waals surface area contributed by atoms with Crippen molar-refractivity contribution in [2.45, 2.75) is 6.54 Å². The van der Waals surface area contributed by atoms with E-state index >= 15 is 0 Å². The van der Waals surface area contributed by atoms with Crippen LogP contribution in [0, 0.1) is 0 Å². The third-order valence-corrected chi connectivity index (χ3v) is 5.57. The van der Waals surface area contributed by atoms with E-state index in [4.69, 9.17) is 11.6 Å². The van der Waals surface area contributed by atoms with Gasteiger partial charge in [0.25, 0.3) is 5.56 Å². The number of anilines is 1. The molecular formula is C20H16ClN3OS. The first-order valence-electron chi connectivity index (χ1n) is 8.15. The summed E-state index contributed by atoms with van der Waals surface area (Å²) in [7, 11) is 1.98. The molecule has 0 fully saturated rings. The van der Waals surface area contributed by atoms with E-state index in [0.29, 0.717) is 22.1 Å². The lowest BCUT2D eigenvalue weighted by atomic mass is 10.2. The van der Waals surface area contributed by atoms with Crippen LogP contribution in [0.5, 0.6) is 0 Å². The van der Waals surface area contributed by atoms with Gasteiger partial charge in [-0.25, -0.2) is 4.98 Å². The van der Waals surface area contributed by atoms with Gasteiger partial charge in [0.05, 0.1) is 12.1 Å². The summed E-state index contributed by atoms with van der Waals surface area (Å²) in [5, 5.41) is 0.692. The standard InChI is InChI=1S/C20H16ClN3OS/c1-24(15-5-3-2-4-6-15)12-18-22-16-11-17(26-19(16)20(25)23-18)13-7-9-14(21)10-8-13/h2-11H,12H2,1H3,(H,22,23,25). The Balaban J connectivity index is 1.68. The van der Waals surface area contributed by atoms with Crippen LogP contribution < -0.4 is 10.5 Å². The summed E-state index contributed by atoms with van der Waals surface area (Å²) in [6, 6.07) is 19.6. The number of hydrogen-bond donors (Lipinski definition) is 1. The van der Waals surface area contributed by atoms with Crippen molar-refractivity contribution >= 4 is 38.8 Å². The van der Waals surface area contributed by atoms with E-state index in [1.165, 1.54) is 11.3 Å². The highest BCUT2D eigenvalue weighted by molar-refractivity contribution is 7.22. The van der Waals surface area contributed by atoms with Crippen LogP contribution in [0.2, 0.25) is 5.02 Å². The number of benzene rings is 2. The van der Waals surface area contributed by atoms with Crippen molar-refractivity contribution in [2.24, 2.45) is 0 Å². The van der Waals surface area contributed by atoms with Gasteiger partial charge in [0.1, 0.15) is 10.5 Å². The molecule has 0 aliphatic rings. The van der Waals surface area contributed by atoms with Crippen molar-refractivity contribution in [3.63, 3.8) is 0 Å². The molecule has 4 nitrogen and oxygen atoms in total. The number of hydrogen-bond acceptors (Lipinski definition) is 4. The Bertz CT molecular complexity index is 1100. The van der Waals surface area contributed by atoms with E-state index in [-0.39, 0.29) is 5.56 Å². The second kappa shape index (κ2) is 6.94. The number of rotatable bonds is 4. The summed E-state index contributed by atoms with van der Waals surface area (Å²) >= 11 is 7.40. The van der Waals surface area contributed by atoms with Crippen molar-refractivity contribution in [2.75, 3.05) is 11.9 Å². The predicted molar refractivity (Wildman–Crippen MR) is 109 cm³/mol. The van der Waals surface area contributed by atoms with Gasteiger partial charge in [-0.1, -0.05) is 41.9 Å². The highest BCUT2D eigenvalue weighted by Gasteiger charge is 2.12. The molecule has 2 heterocycles. The topological polar surface area (TPSA) is 49.0 Å². The summed E-state index contributed by atoms with van der Waals surface area (Å²) < 4.78 is 0.640. The van der Waals surface area contributed by atoms with E-state index < -0.39 is 0 Å². The summed E-state index contributed by atoms with van der Waals surface area (Å²) in [5.74, 6) is 0.648. The molecule has 0 bridgehead atoms. The maximum Gasteiger partial charge on any atom is 0.268 e. The molecule has 0 unspecified atom stereocenters. The van der Waals surface area contributed by atoms with Gasteiger partial charge in [0, 0.05) is 22.6 Å². The second-order valence-corrected chi connectivity index (χ2v) is 7.52. The minimum Gasteiger partial charge on any atom is -0.367 e. The van der Waals surface area contributed by atoms with Gasteiger partial charge in [-0.3, -0.25) is 4.79 Å². The number of para-hydroxylation sites is 1. The summed E-state index contributed by atoms with van der Waals surface area (Å²) in [6.45, 7) is 0.529. The zero-order valence-corrected chi connectivity index (χ0v) is 15.6. The Morgan fingerprint density at radius 2 is 1.85 bits per heavy atom. The van der Waals surface area contributed by atoms with Crippen molar-refractivity contribution in [1.82, 2.24) is 9.97 Å². The number of H-pyrrole nitrogens is 1. The van der Waals surface area contributed by atoms with Crippen LogP contribution in [-0.4, -0.2) is 17.0 Å². The van der Waals surface area contributed by atoms with E-state index in [2.05, 4.69) is 14.9 Å². The number of aromatic amines is 1. The molecule has 1 N–H and O–H groups in total. The van der Waals surface area contributed by atoms with Gasteiger partial charge in [0.15, 0.2) is 0 Å². The first-order chi connectivity index (χ1) is 12.6. The molecule has 0 radical (unpaired) electrons. The molecular weight excluding hydrogens is 366 g/mol. The fraction of sp³-hybridized carbons (Fsp3) is 0.100. The largest absolute Gasteiger partial charge is 0.367 e. The molecule has 2 aromatic heterocycles. The van der Waals surface area contributed by atoms with E-state index in [0.717, 1.165) is 21.6 Å². The van der Waals surface area contributed by atoms with E-state index in [1.54, 1.807) is 0 Å². The van der Waals surface area contributed by atoms with Crippen LogP contribution in [-0.2, 0) is 6.54 Å². The molecule has 26 heavy (non-hydrogen) atoms. The number of aromatic nitrogens is 2. The summed E-state index contributed by atoms with van der Waals surface area (Å²) in [4.78, 5) is 23.1. The van der Waals surface area contributed by atoms with Crippen LogP contribution in [0.3, 0.4) is 0 Å². The van der Waals surface area contributed by atoms with Gasteiger partial charge in [-0.2, -0.15) is 0 Å². The number of fused-ring (bicyclic) bond motifs is 1. The Labute approximate surface area is 159 Å².